The van der Waals surface area contributed by atoms with E-state index in [-0.39, 0.29) is 11.8 Å². The Morgan fingerprint density at radius 3 is 2.50 bits per heavy atom. The SMILES string of the molecule is CC1CCCC(C)N1CCCCCN1C(=O)C(c2cccc(C#N)c2)Cc2ccccc21. The molecule has 0 spiro atoms. The van der Waals surface area contributed by atoms with Crippen molar-refractivity contribution in [2.45, 2.75) is 76.8 Å². The second kappa shape index (κ2) is 10.3. The number of rotatable bonds is 7. The molecule has 2 aromatic rings. The summed E-state index contributed by atoms with van der Waals surface area (Å²) in [6.45, 7) is 6.65. The second-order valence-corrected chi connectivity index (χ2v) is 9.54. The van der Waals surface area contributed by atoms with Crippen molar-refractivity contribution >= 4 is 11.6 Å². The molecule has 3 atom stereocenters. The number of fused-ring (bicyclic) bond motifs is 1. The number of likely N-dealkylation sites (tertiary alicyclic amines) is 1. The minimum atomic E-state index is -0.215. The third kappa shape index (κ3) is 4.89. The number of benzene rings is 2. The fourth-order valence-corrected chi connectivity index (χ4v) is 5.53. The van der Waals surface area contributed by atoms with Gasteiger partial charge in [0.2, 0.25) is 5.91 Å². The van der Waals surface area contributed by atoms with Gasteiger partial charge in [0, 0.05) is 24.3 Å². The first-order valence-corrected chi connectivity index (χ1v) is 12.2. The van der Waals surface area contributed by atoms with Crippen molar-refractivity contribution in [2.75, 3.05) is 18.0 Å². The van der Waals surface area contributed by atoms with Crippen molar-refractivity contribution in [3.8, 4) is 6.07 Å². The summed E-state index contributed by atoms with van der Waals surface area (Å²) in [5.74, 6) is -0.0506. The van der Waals surface area contributed by atoms with E-state index in [1.54, 1.807) is 6.07 Å². The summed E-state index contributed by atoms with van der Waals surface area (Å²) in [5, 5.41) is 9.28. The van der Waals surface area contributed by atoms with Crippen LogP contribution in [0.1, 0.15) is 75.0 Å². The molecule has 2 aliphatic heterocycles. The van der Waals surface area contributed by atoms with E-state index in [1.807, 2.05) is 29.2 Å². The highest BCUT2D eigenvalue weighted by molar-refractivity contribution is 6.01. The molecule has 0 saturated carbocycles. The monoisotopic (exact) mass is 429 g/mol. The summed E-state index contributed by atoms with van der Waals surface area (Å²) in [5.41, 5.74) is 3.84. The van der Waals surface area contributed by atoms with Crippen LogP contribution in [0.25, 0.3) is 0 Å². The topological polar surface area (TPSA) is 47.3 Å². The van der Waals surface area contributed by atoms with Crippen LogP contribution in [0.4, 0.5) is 5.69 Å². The molecule has 2 aliphatic rings. The molecule has 0 radical (unpaired) electrons. The van der Waals surface area contributed by atoms with Gasteiger partial charge in [0.25, 0.3) is 0 Å². The fraction of sp³-hybridized carbons (Fsp3) is 0.500. The average molecular weight is 430 g/mol. The molecular formula is C28H35N3O. The number of piperidine rings is 1. The molecular weight excluding hydrogens is 394 g/mol. The predicted molar refractivity (Wildman–Crippen MR) is 130 cm³/mol. The molecule has 168 valence electrons. The van der Waals surface area contributed by atoms with Gasteiger partial charge in [-0.05, 0) is 81.8 Å². The third-order valence-electron chi connectivity index (χ3n) is 7.36. The molecule has 0 aliphatic carbocycles. The van der Waals surface area contributed by atoms with Gasteiger partial charge in [0.15, 0.2) is 0 Å². The van der Waals surface area contributed by atoms with Crippen LogP contribution in [-0.4, -0.2) is 36.0 Å². The molecule has 32 heavy (non-hydrogen) atoms. The number of amides is 1. The van der Waals surface area contributed by atoms with Crippen molar-refractivity contribution in [3.63, 3.8) is 0 Å². The normalized spacial score (nSPS) is 23.6. The van der Waals surface area contributed by atoms with Gasteiger partial charge in [0.1, 0.15) is 0 Å². The Hall–Kier alpha value is -2.64. The number of carbonyl (C=O) groups is 1. The standard InChI is InChI=1S/C28H35N3O/c1-21-10-8-11-22(2)30(21)16-6-3-7-17-31-27-15-5-4-13-25(27)19-26(28(31)32)24-14-9-12-23(18-24)20-29/h4-5,9,12-15,18,21-22,26H,3,6-8,10-11,16-17,19H2,1-2H3. The lowest BCUT2D eigenvalue weighted by Crippen LogP contribution is -2.44. The number of nitriles is 1. The highest BCUT2D eigenvalue weighted by atomic mass is 16.2. The first-order chi connectivity index (χ1) is 15.6. The molecule has 1 saturated heterocycles. The molecule has 3 unspecified atom stereocenters. The van der Waals surface area contributed by atoms with Crippen molar-refractivity contribution in [1.82, 2.24) is 4.90 Å². The molecule has 1 fully saturated rings. The van der Waals surface area contributed by atoms with E-state index in [2.05, 4.69) is 43.0 Å². The smallest absolute Gasteiger partial charge is 0.234 e. The lowest BCUT2D eigenvalue weighted by atomic mass is 9.85. The first kappa shape index (κ1) is 22.6. The van der Waals surface area contributed by atoms with E-state index in [0.717, 1.165) is 37.2 Å². The largest absolute Gasteiger partial charge is 0.312 e. The van der Waals surface area contributed by atoms with Crippen LogP contribution in [0.3, 0.4) is 0 Å². The van der Waals surface area contributed by atoms with Crippen molar-refractivity contribution in [2.24, 2.45) is 0 Å². The molecule has 2 heterocycles. The summed E-state index contributed by atoms with van der Waals surface area (Å²) in [7, 11) is 0. The summed E-state index contributed by atoms with van der Waals surface area (Å²) in [6, 6.07) is 19.4. The van der Waals surface area contributed by atoms with Crippen molar-refractivity contribution < 1.29 is 4.79 Å². The van der Waals surface area contributed by atoms with E-state index in [4.69, 9.17) is 0 Å². The highest BCUT2D eigenvalue weighted by Crippen LogP contribution is 2.36. The zero-order valence-electron chi connectivity index (χ0n) is 19.5. The average Bonchev–Trinajstić information content (AvgIpc) is 2.81. The molecule has 4 nitrogen and oxygen atoms in total. The van der Waals surface area contributed by atoms with Gasteiger partial charge in [-0.15, -0.1) is 0 Å². The Morgan fingerprint density at radius 2 is 1.72 bits per heavy atom. The first-order valence-electron chi connectivity index (χ1n) is 12.2. The van der Waals surface area contributed by atoms with Crippen LogP contribution in [0.5, 0.6) is 0 Å². The van der Waals surface area contributed by atoms with Crippen LogP contribution >= 0.6 is 0 Å². The Morgan fingerprint density at radius 1 is 0.969 bits per heavy atom. The van der Waals surface area contributed by atoms with Gasteiger partial charge in [0.05, 0.1) is 17.6 Å². The van der Waals surface area contributed by atoms with E-state index in [9.17, 15) is 10.1 Å². The number of hydrogen-bond donors (Lipinski definition) is 0. The zero-order valence-corrected chi connectivity index (χ0v) is 19.5. The molecule has 1 amide bonds. The predicted octanol–water partition coefficient (Wildman–Crippen LogP) is 5.66. The van der Waals surface area contributed by atoms with Crippen molar-refractivity contribution in [1.29, 1.82) is 5.26 Å². The minimum Gasteiger partial charge on any atom is -0.312 e. The quantitative estimate of drug-likeness (QED) is 0.533. The number of unbranched alkanes of at least 4 members (excludes halogenated alkanes) is 2. The number of para-hydroxylation sites is 1. The number of nitrogens with zero attached hydrogens (tertiary/aromatic N) is 3. The number of carbonyl (C=O) groups excluding carboxylic acids is 1. The van der Waals surface area contributed by atoms with Crippen LogP contribution in [0, 0.1) is 11.3 Å². The van der Waals surface area contributed by atoms with Gasteiger partial charge in [-0.1, -0.05) is 43.2 Å². The van der Waals surface area contributed by atoms with E-state index in [0.29, 0.717) is 24.1 Å². The number of anilines is 1. The lowest BCUT2D eigenvalue weighted by molar-refractivity contribution is -0.120. The summed E-state index contributed by atoms with van der Waals surface area (Å²) in [4.78, 5) is 18.2. The second-order valence-electron chi connectivity index (χ2n) is 9.54. The van der Waals surface area contributed by atoms with E-state index < -0.39 is 0 Å². The Labute approximate surface area is 192 Å². The van der Waals surface area contributed by atoms with Gasteiger partial charge in [-0.3, -0.25) is 9.69 Å². The summed E-state index contributed by atoms with van der Waals surface area (Å²) < 4.78 is 0. The lowest BCUT2D eigenvalue weighted by Gasteiger charge is -2.39. The van der Waals surface area contributed by atoms with Gasteiger partial charge >= 0.3 is 0 Å². The molecule has 0 bridgehead atoms. The zero-order chi connectivity index (χ0) is 22.5. The molecule has 4 rings (SSSR count). The van der Waals surface area contributed by atoms with Gasteiger partial charge in [-0.25, -0.2) is 0 Å². The Kier molecular flexibility index (Phi) is 7.27. The molecule has 4 heteroatoms. The van der Waals surface area contributed by atoms with Crippen LogP contribution in [0.2, 0.25) is 0 Å². The van der Waals surface area contributed by atoms with Crippen LogP contribution in [-0.2, 0) is 11.2 Å². The molecule has 2 aromatic carbocycles. The Balaban J connectivity index is 1.40. The Bertz CT molecular complexity index is 969. The van der Waals surface area contributed by atoms with Crippen molar-refractivity contribution in [3.05, 3.63) is 65.2 Å². The highest BCUT2D eigenvalue weighted by Gasteiger charge is 2.33. The maximum atomic E-state index is 13.5. The van der Waals surface area contributed by atoms with E-state index in [1.165, 1.54) is 31.2 Å². The summed E-state index contributed by atoms with van der Waals surface area (Å²) >= 11 is 0. The van der Waals surface area contributed by atoms with E-state index >= 15 is 0 Å². The van der Waals surface area contributed by atoms with Gasteiger partial charge < -0.3 is 4.90 Å². The minimum absolute atomic E-state index is 0.164. The number of hydrogen-bond acceptors (Lipinski definition) is 3. The van der Waals surface area contributed by atoms with Crippen LogP contribution < -0.4 is 4.90 Å². The molecule has 0 N–H and O–H groups in total. The maximum absolute atomic E-state index is 13.5. The van der Waals surface area contributed by atoms with Crippen LogP contribution in [0.15, 0.2) is 48.5 Å². The van der Waals surface area contributed by atoms with Gasteiger partial charge in [-0.2, -0.15) is 5.26 Å². The maximum Gasteiger partial charge on any atom is 0.234 e. The molecule has 0 aromatic heterocycles. The third-order valence-corrected chi connectivity index (χ3v) is 7.36. The summed E-state index contributed by atoms with van der Waals surface area (Å²) in [6.07, 6.45) is 8.03. The fourth-order valence-electron chi connectivity index (χ4n) is 5.53.